The molecule has 24 heavy (non-hydrogen) atoms. The van der Waals surface area contributed by atoms with E-state index in [0.29, 0.717) is 25.1 Å². The third kappa shape index (κ3) is 3.45. The summed E-state index contributed by atoms with van der Waals surface area (Å²) in [4.78, 5) is 25.7. The number of rotatable bonds is 4. The standard InChI is InChI=1S/C19H19FN2O2/c1-13(23)22-12-11-15-3-2-4-17(19(15)22)21-18(24)10-7-14-5-8-16(20)9-6-14/h2-6,8-9H,7,10-12H2,1H3,(H,21,24). The van der Waals surface area contributed by atoms with E-state index >= 15 is 0 Å². The van der Waals surface area contributed by atoms with Crippen LogP contribution in [0.25, 0.3) is 0 Å². The number of para-hydroxylation sites is 1. The molecule has 0 saturated carbocycles. The fourth-order valence-electron chi connectivity index (χ4n) is 2.99. The minimum Gasteiger partial charge on any atom is -0.324 e. The monoisotopic (exact) mass is 326 g/mol. The lowest BCUT2D eigenvalue weighted by atomic mass is 10.1. The van der Waals surface area contributed by atoms with Crippen LogP contribution < -0.4 is 10.2 Å². The minimum absolute atomic E-state index is 0.0261. The largest absolute Gasteiger partial charge is 0.324 e. The molecule has 1 aliphatic rings. The summed E-state index contributed by atoms with van der Waals surface area (Å²) in [5.74, 6) is -0.433. The second-order valence-electron chi connectivity index (χ2n) is 5.91. The van der Waals surface area contributed by atoms with Gasteiger partial charge in [0.15, 0.2) is 0 Å². The number of carbonyl (C=O) groups excluding carboxylic acids is 2. The van der Waals surface area contributed by atoms with Crippen LogP contribution in [0.4, 0.5) is 15.8 Å². The summed E-state index contributed by atoms with van der Waals surface area (Å²) >= 11 is 0. The van der Waals surface area contributed by atoms with Crippen molar-refractivity contribution in [2.75, 3.05) is 16.8 Å². The highest BCUT2D eigenvalue weighted by Gasteiger charge is 2.25. The lowest BCUT2D eigenvalue weighted by molar-refractivity contribution is -0.117. The first-order valence-corrected chi connectivity index (χ1v) is 7.99. The molecule has 2 aromatic rings. The molecule has 0 unspecified atom stereocenters. The van der Waals surface area contributed by atoms with Crippen molar-refractivity contribution < 1.29 is 14.0 Å². The smallest absolute Gasteiger partial charge is 0.224 e. The number of hydrogen-bond donors (Lipinski definition) is 1. The maximum absolute atomic E-state index is 12.9. The third-order valence-electron chi connectivity index (χ3n) is 4.20. The van der Waals surface area contributed by atoms with Gasteiger partial charge >= 0.3 is 0 Å². The lowest BCUT2D eigenvalue weighted by Gasteiger charge is -2.19. The molecule has 124 valence electrons. The number of hydrogen-bond acceptors (Lipinski definition) is 2. The molecule has 1 heterocycles. The van der Waals surface area contributed by atoms with Gasteiger partial charge in [0.1, 0.15) is 5.82 Å². The topological polar surface area (TPSA) is 49.4 Å². The van der Waals surface area contributed by atoms with E-state index in [1.807, 2.05) is 18.2 Å². The van der Waals surface area contributed by atoms with Crippen LogP contribution in [0.5, 0.6) is 0 Å². The highest BCUT2D eigenvalue weighted by Crippen LogP contribution is 2.35. The summed E-state index contributed by atoms with van der Waals surface area (Å²) in [5.41, 5.74) is 3.46. The Kier molecular flexibility index (Phi) is 4.60. The Labute approximate surface area is 140 Å². The van der Waals surface area contributed by atoms with Crippen LogP contribution in [0, 0.1) is 5.82 Å². The first-order chi connectivity index (χ1) is 11.5. The van der Waals surface area contributed by atoms with Gasteiger partial charge in [0.05, 0.1) is 11.4 Å². The van der Waals surface area contributed by atoms with E-state index in [-0.39, 0.29) is 17.6 Å². The zero-order valence-electron chi connectivity index (χ0n) is 13.5. The third-order valence-corrected chi connectivity index (χ3v) is 4.20. The van der Waals surface area contributed by atoms with Crippen LogP contribution in [0.2, 0.25) is 0 Å². The van der Waals surface area contributed by atoms with Gasteiger partial charge in [-0.25, -0.2) is 4.39 Å². The molecule has 2 aromatic carbocycles. The molecule has 0 saturated heterocycles. The number of fused-ring (bicyclic) bond motifs is 1. The molecule has 4 nitrogen and oxygen atoms in total. The number of nitrogens with zero attached hydrogens (tertiary/aromatic N) is 1. The maximum Gasteiger partial charge on any atom is 0.224 e. The van der Waals surface area contributed by atoms with E-state index < -0.39 is 0 Å². The van der Waals surface area contributed by atoms with Crippen molar-refractivity contribution in [3.05, 3.63) is 59.4 Å². The van der Waals surface area contributed by atoms with E-state index in [2.05, 4.69) is 5.32 Å². The molecule has 1 aliphatic heterocycles. The number of anilines is 2. The quantitative estimate of drug-likeness (QED) is 0.937. The van der Waals surface area contributed by atoms with Gasteiger partial charge in [-0.3, -0.25) is 9.59 Å². The number of halogens is 1. The lowest BCUT2D eigenvalue weighted by Crippen LogP contribution is -2.27. The first kappa shape index (κ1) is 16.2. The van der Waals surface area contributed by atoms with Crippen LogP contribution in [-0.2, 0) is 22.4 Å². The van der Waals surface area contributed by atoms with Crippen molar-refractivity contribution in [3.63, 3.8) is 0 Å². The van der Waals surface area contributed by atoms with Gasteiger partial charge in [-0.1, -0.05) is 24.3 Å². The number of amides is 2. The highest BCUT2D eigenvalue weighted by atomic mass is 19.1. The average Bonchev–Trinajstić information content (AvgIpc) is 3.00. The van der Waals surface area contributed by atoms with Crippen LogP contribution in [-0.4, -0.2) is 18.4 Å². The zero-order valence-corrected chi connectivity index (χ0v) is 13.5. The van der Waals surface area contributed by atoms with Gasteiger partial charge in [-0.15, -0.1) is 0 Å². The first-order valence-electron chi connectivity index (χ1n) is 7.99. The number of carbonyl (C=O) groups is 2. The summed E-state index contributed by atoms with van der Waals surface area (Å²) in [6.07, 6.45) is 1.64. The molecule has 1 N–H and O–H groups in total. The molecule has 0 fully saturated rings. The fourth-order valence-corrected chi connectivity index (χ4v) is 2.99. The summed E-state index contributed by atoms with van der Waals surface area (Å²) in [5, 5.41) is 2.90. The Morgan fingerprint density at radius 1 is 1.17 bits per heavy atom. The number of aryl methyl sites for hydroxylation is 1. The zero-order chi connectivity index (χ0) is 17.1. The fraction of sp³-hybridized carbons (Fsp3) is 0.263. The van der Waals surface area contributed by atoms with Gasteiger partial charge in [-0.05, 0) is 42.2 Å². The molecule has 5 heteroatoms. The maximum atomic E-state index is 12.9. The van der Waals surface area contributed by atoms with Crippen molar-refractivity contribution in [1.82, 2.24) is 0 Å². The van der Waals surface area contributed by atoms with Crippen LogP contribution in [0.15, 0.2) is 42.5 Å². The van der Waals surface area contributed by atoms with Crippen LogP contribution >= 0.6 is 0 Å². The van der Waals surface area contributed by atoms with Gasteiger partial charge in [-0.2, -0.15) is 0 Å². The van der Waals surface area contributed by atoms with E-state index in [1.54, 1.807) is 17.0 Å². The summed E-state index contributed by atoms with van der Waals surface area (Å²) in [6.45, 7) is 2.18. The average molecular weight is 326 g/mol. The Bertz CT molecular complexity index is 771. The van der Waals surface area contributed by atoms with Crippen molar-refractivity contribution in [2.45, 2.75) is 26.2 Å². The van der Waals surface area contributed by atoms with Crippen molar-refractivity contribution >= 4 is 23.2 Å². The van der Waals surface area contributed by atoms with Gasteiger partial charge in [0.2, 0.25) is 11.8 Å². The second-order valence-corrected chi connectivity index (χ2v) is 5.91. The van der Waals surface area contributed by atoms with E-state index in [4.69, 9.17) is 0 Å². The molecule has 0 spiro atoms. The predicted octanol–water partition coefficient (Wildman–Crippen LogP) is 3.31. The minimum atomic E-state index is -0.285. The van der Waals surface area contributed by atoms with Crippen LogP contribution in [0.3, 0.4) is 0 Å². The second kappa shape index (κ2) is 6.83. The summed E-state index contributed by atoms with van der Waals surface area (Å²) in [7, 11) is 0. The molecule has 0 bridgehead atoms. The molecule has 3 rings (SSSR count). The summed E-state index contributed by atoms with van der Waals surface area (Å²) in [6, 6.07) is 11.8. The predicted molar refractivity (Wildman–Crippen MR) is 91.5 cm³/mol. The van der Waals surface area contributed by atoms with E-state index in [9.17, 15) is 14.0 Å². The number of benzene rings is 2. The molecular weight excluding hydrogens is 307 g/mol. The molecule has 0 radical (unpaired) electrons. The van der Waals surface area contributed by atoms with E-state index in [1.165, 1.54) is 19.1 Å². The van der Waals surface area contributed by atoms with Gasteiger partial charge in [0, 0.05) is 19.9 Å². The van der Waals surface area contributed by atoms with Gasteiger partial charge in [0.25, 0.3) is 0 Å². The van der Waals surface area contributed by atoms with Crippen molar-refractivity contribution in [1.29, 1.82) is 0 Å². The molecule has 0 aliphatic carbocycles. The molecule has 0 aromatic heterocycles. The highest BCUT2D eigenvalue weighted by molar-refractivity contribution is 6.02. The Balaban J connectivity index is 1.68. The Hall–Kier alpha value is -2.69. The molecule has 2 amide bonds. The molecular formula is C19H19FN2O2. The van der Waals surface area contributed by atoms with Gasteiger partial charge < -0.3 is 10.2 Å². The SMILES string of the molecule is CC(=O)N1CCc2cccc(NC(=O)CCc3ccc(F)cc3)c21. The van der Waals surface area contributed by atoms with Crippen LogP contribution in [0.1, 0.15) is 24.5 Å². The van der Waals surface area contributed by atoms with E-state index in [0.717, 1.165) is 23.2 Å². The normalized spacial score (nSPS) is 12.8. The Morgan fingerprint density at radius 3 is 2.62 bits per heavy atom. The van der Waals surface area contributed by atoms with Crippen molar-refractivity contribution in [2.24, 2.45) is 0 Å². The van der Waals surface area contributed by atoms with Crippen molar-refractivity contribution in [3.8, 4) is 0 Å². The summed E-state index contributed by atoms with van der Waals surface area (Å²) < 4.78 is 12.9. The Morgan fingerprint density at radius 2 is 1.92 bits per heavy atom. The number of nitrogens with one attached hydrogen (secondary N) is 1. The molecule has 0 atom stereocenters.